The molecule has 2 rings (SSSR count). The van der Waals surface area contributed by atoms with E-state index >= 15 is 0 Å². The first-order valence-electron chi connectivity index (χ1n) is 9.08. The van der Waals surface area contributed by atoms with E-state index in [2.05, 4.69) is 22.5 Å². The molecule has 0 bridgehead atoms. The molecule has 6 nitrogen and oxygen atoms in total. The molecule has 8 heteroatoms. The molecule has 0 aromatic heterocycles. The summed E-state index contributed by atoms with van der Waals surface area (Å²) >= 11 is 0. The van der Waals surface area contributed by atoms with Crippen LogP contribution in [0.2, 0.25) is 0 Å². The monoisotopic (exact) mass is 416 g/mol. The molecule has 1 amide bonds. The van der Waals surface area contributed by atoms with E-state index in [4.69, 9.17) is 5.11 Å². The number of aliphatic hydroxyl groups is 2. The molecular weight excluding hydrogens is 394 g/mol. The van der Waals surface area contributed by atoms with E-state index in [1.807, 2.05) is 30.3 Å². The van der Waals surface area contributed by atoms with Crippen molar-refractivity contribution in [2.75, 3.05) is 13.3 Å². The quantitative estimate of drug-likeness (QED) is 0.384. The summed E-state index contributed by atoms with van der Waals surface area (Å²) in [5.41, 5.74) is -0.844. The van der Waals surface area contributed by atoms with Gasteiger partial charge in [-0.1, -0.05) is 30.0 Å². The Balaban J connectivity index is 1.96. The normalized spacial score (nSPS) is 13.7. The van der Waals surface area contributed by atoms with Crippen LogP contribution in [-0.2, 0) is 4.79 Å². The molecule has 0 aliphatic carbocycles. The first-order chi connectivity index (χ1) is 14.3. The van der Waals surface area contributed by atoms with Crippen molar-refractivity contribution in [3.63, 3.8) is 0 Å². The molecule has 0 heterocycles. The van der Waals surface area contributed by atoms with Crippen molar-refractivity contribution in [3.05, 3.63) is 71.3 Å². The number of halogens is 2. The molecule has 158 valence electrons. The van der Waals surface area contributed by atoms with Crippen LogP contribution in [-0.4, -0.2) is 53.2 Å². The lowest BCUT2D eigenvalue weighted by atomic mass is 9.93. The fourth-order valence-corrected chi connectivity index (χ4v) is 2.57. The molecule has 2 atom stereocenters. The van der Waals surface area contributed by atoms with Crippen LogP contribution in [0.15, 0.2) is 54.6 Å². The van der Waals surface area contributed by atoms with Gasteiger partial charge in [0.1, 0.15) is 18.2 Å². The van der Waals surface area contributed by atoms with Crippen LogP contribution < -0.4 is 10.6 Å². The summed E-state index contributed by atoms with van der Waals surface area (Å²) < 4.78 is 26.0. The van der Waals surface area contributed by atoms with Gasteiger partial charge in [-0.3, -0.25) is 14.9 Å². The Labute approximate surface area is 172 Å². The van der Waals surface area contributed by atoms with E-state index in [9.17, 15) is 23.5 Å². The highest BCUT2D eigenvalue weighted by atomic mass is 19.3. The van der Waals surface area contributed by atoms with Gasteiger partial charge >= 0.3 is 0 Å². The van der Waals surface area contributed by atoms with Crippen LogP contribution in [0.1, 0.15) is 28.4 Å². The molecule has 0 radical (unpaired) electrons. The second kappa shape index (κ2) is 10.6. The largest absolute Gasteiger partial charge is 0.389 e. The van der Waals surface area contributed by atoms with Crippen molar-refractivity contribution in [2.24, 2.45) is 0 Å². The summed E-state index contributed by atoms with van der Waals surface area (Å²) in [6.07, 6.45) is -3.23. The molecule has 4 N–H and O–H groups in total. The summed E-state index contributed by atoms with van der Waals surface area (Å²) in [5, 5.41) is 23.5. The van der Waals surface area contributed by atoms with E-state index in [0.717, 1.165) is 12.5 Å². The van der Waals surface area contributed by atoms with Crippen molar-refractivity contribution in [1.29, 1.82) is 0 Å². The summed E-state index contributed by atoms with van der Waals surface area (Å²) in [6.45, 7) is -0.618. The maximum Gasteiger partial charge on any atom is 0.268 e. The first-order valence-corrected chi connectivity index (χ1v) is 9.08. The Hall–Kier alpha value is -3.12. The van der Waals surface area contributed by atoms with Crippen LogP contribution in [0, 0.1) is 11.8 Å². The number of amides is 1. The van der Waals surface area contributed by atoms with Gasteiger partial charge < -0.3 is 15.5 Å². The Kier molecular flexibility index (Phi) is 8.18. The Bertz CT molecular complexity index is 920. The van der Waals surface area contributed by atoms with Gasteiger partial charge in [0.05, 0.1) is 6.67 Å². The lowest BCUT2D eigenvalue weighted by Crippen LogP contribution is -2.60. The maximum atomic E-state index is 13.0. The predicted octanol–water partition coefficient (Wildman–Crippen LogP) is 1.31. The smallest absolute Gasteiger partial charge is 0.268 e. The fraction of sp³-hybridized carbons (Fsp3) is 0.273. The van der Waals surface area contributed by atoms with Crippen molar-refractivity contribution in [3.8, 4) is 11.8 Å². The SMILES string of the molecule is C[C@@](O)(C(F)F)[C@H](NCNC(=O)c1ccc(C#Cc2ccccc2)cc1)C(=O)CO. The summed E-state index contributed by atoms with van der Waals surface area (Å²) in [7, 11) is 0. The highest BCUT2D eigenvalue weighted by Gasteiger charge is 2.44. The van der Waals surface area contributed by atoms with E-state index in [1.54, 1.807) is 24.3 Å². The summed E-state index contributed by atoms with van der Waals surface area (Å²) in [6, 6.07) is 14.1. The molecule has 30 heavy (non-hydrogen) atoms. The molecule has 0 saturated carbocycles. The number of hydrogen-bond acceptors (Lipinski definition) is 5. The molecule has 0 aliphatic rings. The highest BCUT2D eigenvalue weighted by Crippen LogP contribution is 2.20. The topological polar surface area (TPSA) is 98.7 Å². The average Bonchev–Trinajstić information content (AvgIpc) is 2.75. The number of alkyl halides is 2. The van der Waals surface area contributed by atoms with Gasteiger partial charge in [0.25, 0.3) is 12.3 Å². The van der Waals surface area contributed by atoms with Gasteiger partial charge in [-0.2, -0.15) is 0 Å². The molecule has 0 aliphatic heterocycles. The molecule has 0 unspecified atom stereocenters. The van der Waals surface area contributed by atoms with Crippen molar-refractivity contribution in [1.82, 2.24) is 10.6 Å². The van der Waals surface area contributed by atoms with Gasteiger partial charge in [0, 0.05) is 16.7 Å². The van der Waals surface area contributed by atoms with Gasteiger partial charge in [0.2, 0.25) is 0 Å². The minimum atomic E-state index is -3.23. The number of carbonyl (C=O) groups excluding carboxylic acids is 2. The zero-order chi connectivity index (χ0) is 22.1. The number of carbonyl (C=O) groups is 2. The van der Waals surface area contributed by atoms with Crippen molar-refractivity contribution >= 4 is 11.7 Å². The zero-order valence-electron chi connectivity index (χ0n) is 16.2. The maximum absolute atomic E-state index is 13.0. The predicted molar refractivity (Wildman–Crippen MR) is 107 cm³/mol. The van der Waals surface area contributed by atoms with Gasteiger partial charge in [-0.05, 0) is 43.3 Å². The minimum absolute atomic E-state index is 0.299. The average molecular weight is 416 g/mol. The van der Waals surface area contributed by atoms with E-state index in [-0.39, 0.29) is 6.67 Å². The van der Waals surface area contributed by atoms with Crippen molar-refractivity contribution in [2.45, 2.75) is 25.0 Å². The molecule has 0 fully saturated rings. The van der Waals surface area contributed by atoms with Gasteiger partial charge in [0.15, 0.2) is 5.78 Å². The number of ketones is 1. The summed E-state index contributed by atoms with van der Waals surface area (Å²) in [5.74, 6) is 4.44. The Morgan fingerprint density at radius 1 is 1.03 bits per heavy atom. The summed E-state index contributed by atoms with van der Waals surface area (Å²) in [4.78, 5) is 23.9. The number of hydrogen-bond donors (Lipinski definition) is 4. The molecule has 2 aromatic carbocycles. The minimum Gasteiger partial charge on any atom is -0.389 e. The molecule has 0 saturated heterocycles. The number of aliphatic hydroxyl groups excluding tert-OH is 1. The van der Waals surface area contributed by atoms with E-state index in [0.29, 0.717) is 11.1 Å². The Morgan fingerprint density at radius 2 is 1.60 bits per heavy atom. The zero-order valence-corrected chi connectivity index (χ0v) is 16.2. The standard InChI is InChI=1S/C22H22F2N2O4/c1-22(30,21(23)24)19(18(28)13-27)25-14-26-20(29)17-11-9-16(10-12-17)8-7-15-5-3-2-4-6-15/h2-6,9-12,19,21,25,27,30H,13-14H2,1H3,(H,26,29)/t19-,22+/m1/s1. The van der Waals surface area contributed by atoms with Gasteiger partial charge in [-0.15, -0.1) is 0 Å². The molecule has 2 aromatic rings. The Morgan fingerprint density at radius 3 is 2.13 bits per heavy atom. The van der Waals surface area contributed by atoms with Gasteiger partial charge in [-0.25, -0.2) is 8.78 Å². The second-order valence-electron chi connectivity index (χ2n) is 6.66. The lowest BCUT2D eigenvalue weighted by Gasteiger charge is -2.31. The third kappa shape index (κ3) is 6.19. The number of rotatable bonds is 8. The van der Waals surface area contributed by atoms with E-state index in [1.165, 1.54) is 0 Å². The fourth-order valence-electron chi connectivity index (χ4n) is 2.57. The second-order valence-corrected chi connectivity index (χ2v) is 6.66. The first kappa shape index (κ1) is 23.2. The lowest BCUT2D eigenvalue weighted by molar-refractivity contribution is -0.143. The number of nitrogens with one attached hydrogen (secondary N) is 2. The van der Waals surface area contributed by atoms with Crippen LogP contribution in [0.4, 0.5) is 8.78 Å². The third-order valence-corrected chi connectivity index (χ3v) is 4.33. The molecule has 0 spiro atoms. The van der Waals surface area contributed by atoms with Crippen molar-refractivity contribution < 1.29 is 28.6 Å². The van der Waals surface area contributed by atoms with E-state index < -0.39 is 36.4 Å². The molecular formula is C22H22F2N2O4. The van der Waals surface area contributed by atoms with Crippen LogP contribution in [0.5, 0.6) is 0 Å². The highest BCUT2D eigenvalue weighted by molar-refractivity contribution is 5.94. The van der Waals surface area contributed by atoms with Crippen LogP contribution >= 0.6 is 0 Å². The third-order valence-electron chi connectivity index (χ3n) is 4.33. The van der Waals surface area contributed by atoms with Crippen LogP contribution in [0.3, 0.4) is 0 Å². The number of Topliss-reactive ketones (excluding diaryl/α,β-unsaturated/α-hetero) is 1. The number of benzene rings is 2. The van der Waals surface area contributed by atoms with Crippen LogP contribution in [0.25, 0.3) is 0 Å².